The number of nitrogens with zero attached hydrogens (tertiary/aromatic N) is 4. The lowest BCUT2D eigenvalue weighted by Crippen LogP contribution is -2.44. The number of pyridine rings is 1. The van der Waals surface area contributed by atoms with Crippen molar-refractivity contribution in [3.63, 3.8) is 0 Å². The van der Waals surface area contributed by atoms with E-state index < -0.39 is 0 Å². The van der Waals surface area contributed by atoms with Gasteiger partial charge in [0.1, 0.15) is 11.9 Å². The molecule has 3 heterocycles. The highest BCUT2D eigenvalue weighted by Gasteiger charge is 2.28. The third-order valence-electron chi connectivity index (χ3n) is 5.32. The van der Waals surface area contributed by atoms with Crippen LogP contribution in [0.2, 0.25) is 0 Å². The zero-order valence-electron chi connectivity index (χ0n) is 14.5. The summed E-state index contributed by atoms with van der Waals surface area (Å²) in [7, 11) is 0. The fourth-order valence-corrected chi connectivity index (χ4v) is 4.13. The Kier molecular flexibility index (Phi) is 3.45. The van der Waals surface area contributed by atoms with Crippen LogP contribution >= 0.6 is 0 Å². The Morgan fingerprint density at radius 1 is 1.17 bits per heavy atom. The van der Waals surface area contributed by atoms with E-state index in [0.29, 0.717) is 17.6 Å². The van der Waals surface area contributed by atoms with Crippen molar-refractivity contribution in [3.8, 4) is 6.07 Å². The number of hydrogen-bond donors (Lipinski definition) is 0. The zero-order chi connectivity index (χ0) is 16.8. The molecule has 0 bridgehead atoms. The van der Waals surface area contributed by atoms with Crippen LogP contribution in [0.1, 0.15) is 44.2 Å². The van der Waals surface area contributed by atoms with Gasteiger partial charge in [-0.15, -0.1) is 0 Å². The number of nitriles is 1. The van der Waals surface area contributed by atoms with E-state index in [0.717, 1.165) is 28.1 Å². The molecule has 0 aliphatic carbocycles. The van der Waals surface area contributed by atoms with Crippen LogP contribution in [0.25, 0.3) is 16.7 Å². The van der Waals surface area contributed by atoms with Gasteiger partial charge < -0.3 is 4.90 Å². The van der Waals surface area contributed by atoms with Gasteiger partial charge in [-0.1, -0.05) is 12.1 Å². The van der Waals surface area contributed by atoms with Crippen LogP contribution in [0.5, 0.6) is 0 Å². The maximum atomic E-state index is 9.63. The number of fused-ring (bicyclic) bond motifs is 3. The quantitative estimate of drug-likeness (QED) is 0.666. The average molecular weight is 318 g/mol. The second-order valence-corrected chi connectivity index (χ2v) is 6.97. The van der Waals surface area contributed by atoms with Crippen molar-refractivity contribution in [1.29, 1.82) is 5.26 Å². The Labute approximate surface area is 142 Å². The first kappa shape index (κ1) is 15.0. The van der Waals surface area contributed by atoms with Gasteiger partial charge in [-0.3, -0.25) is 4.40 Å². The number of imidazole rings is 1. The molecule has 2 atom stereocenters. The molecule has 1 aliphatic heterocycles. The van der Waals surface area contributed by atoms with Crippen molar-refractivity contribution in [2.45, 2.75) is 52.1 Å². The van der Waals surface area contributed by atoms with Crippen molar-refractivity contribution in [3.05, 3.63) is 41.5 Å². The summed E-state index contributed by atoms with van der Waals surface area (Å²) in [6.45, 7) is 6.61. The maximum Gasteiger partial charge on any atom is 0.157 e. The minimum absolute atomic E-state index is 0.491. The highest BCUT2D eigenvalue weighted by Crippen LogP contribution is 2.34. The summed E-state index contributed by atoms with van der Waals surface area (Å²) in [4.78, 5) is 7.28. The van der Waals surface area contributed by atoms with Gasteiger partial charge in [-0.2, -0.15) is 5.26 Å². The largest absolute Gasteiger partial charge is 0.352 e. The summed E-state index contributed by atoms with van der Waals surface area (Å²) in [6, 6.07) is 13.6. The molecule has 0 spiro atoms. The van der Waals surface area contributed by atoms with E-state index in [9.17, 15) is 5.26 Å². The Morgan fingerprint density at radius 2 is 1.88 bits per heavy atom. The van der Waals surface area contributed by atoms with Crippen molar-refractivity contribution in [2.75, 3.05) is 4.90 Å². The summed E-state index contributed by atoms with van der Waals surface area (Å²) in [6.07, 6.45) is 3.69. The van der Waals surface area contributed by atoms with Gasteiger partial charge in [-0.25, -0.2) is 4.98 Å². The summed E-state index contributed by atoms with van der Waals surface area (Å²) >= 11 is 0. The zero-order valence-corrected chi connectivity index (χ0v) is 14.5. The number of aryl methyl sites for hydroxylation is 1. The summed E-state index contributed by atoms with van der Waals surface area (Å²) < 4.78 is 2.18. The highest BCUT2D eigenvalue weighted by molar-refractivity contribution is 5.85. The van der Waals surface area contributed by atoms with Gasteiger partial charge in [0.15, 0.2) is 5.65 Å². The van der Waals surface area contributed by atoms with Gasteiger partial charge >= 0.3 is 0 Å². The Hall–Kier alpha value is -2.54. The van der Waals surface area contributed by atoms with E-state index in [1.165, 1.54) is 19.3 Å². The van der Waals surface area contributed by atoms with Crippen LogP contribution in [-0.4, -0.2) is 21.5 Å². The fourth-order valence-electron chi connectivity index (χ4n) is 4.13. The maximum absolute atomic E-state index is 9.63. The lowest BCUT2D eigenvalue weighted by Gasteiger charge is -2.41. The lowest BCUT2D eigenvalue weighted by atomic mass is 9.97. The molecule has 1 saturated heterocycles. The highest BCUT2D eigenvalue weighted by atomic mass is 15.3. The Bertz CT molecular complexity index is 953. The smallest absolute Gasteiger partial charge is 0.157 e. The number of piperidine rings is 1. The first-order chi connectivity index (χ1) is 11.6. The molecule has 1 fully saturated rings. The first-order valence-corrected chi connectivity index (χ1v) is 8.71. The summed E-state index contributed by atoms with van der Waals surface area (Å²) in [5.74, 6) is 1.16. The molecule has 122 valence electrons. The molecular formula is C20H22N4. The Morgan fingerprint density at radius 3 is 2.58 bits per heavy atom. The van der Waals surface area contributed by atoms with Crippen LogP contribution in [0, 0.1) is 18.3 Å². The topological polar surface area (TPSA) is 44.3 Å². The third kappa shape index (κ3) is 2.08. The van der Waals surface area contributed by atoms with Crippen LogP contribution in [-0.2, 0) is 0 Å². The second kappa shape index (κ2) is 5.52. The molecular weight excluding hydrogens is 296 g/mol. The molecule has 0 N–H and O–H groups in total. The number of benzene rings is 1. The van der Waals surface area contributed by atoms with Crippen LogP contribution in [0.3, 0.4) is 0 Å². The fraction of sp³-hybridized carbons (Fsp3) is 0.400. The molecule has 0 amide bonds. The summed E-state index contributed by atoms with van der Waals surface area (Å²) in [5.41, 5.74) is 4.47. The minimum atomic E-state index is 0.491. The average Bonchev–Trinajstić information content (AvgIpc) is 2.94. The normalized spacial score (nSPS) is 21.3. The van der Waals surface area contributed by atoms with Crippen LogP contribution in [0.15, 0.2) is 30.3 Å². The van der Waals surface area contributed by atoms with E-state index in [4.69, 9.17) is 4.98 Å². The van der Waals surface area contributed by atoms with Gasteiger partial charge in [0.05, 0.1) is 16.6 Å². The molecule has 4 nitrogen and oxygen atoms in total. The molecule has 4 rings (SSSR count). The molecule has 2 unspecified atom stereocenters. The predicted octanol–water partition coefficient (Wildman–Crippen LogP) is 4.43. The lowest BCUT2D eigenvalue weighted by molar-refractivity contribution is 0.410. The molecule has 24 heavy (non-hydrogen) atoms. The number of rotatable bonds is 1. The number of hydrogen-bond acceptors (Lipinski definition) is 3. The molecule has 3 aromatic rings. The van der Waals surface area contributed by atoms with Crippen LogP contribution in [0.4, 0.5) is 5.82 Å². The first-order valence-electron chi connectivity index (χ1n) is 8.71. The van der Waals surface area contributed by atoms with Crippen molar-refractivity contribution >= 4 is 22.5 Å². The van der Waals surface area contributed by atoms with Crippen LogP contribution < -0.4 is 4.90 Å². The van der Waals surface area contributed by atoms with Gasteiger partial charge in [0.25, 0.3) is 0 Å². The SMILES string of the molecule is Cc1cc(N2C(C)CCCC2C)n2c(nc3ccccc32)c1C#N. The second-order valence-electron chi connectivity index (χ2n) is 6.97. The van der Waals surface area contributed by atoms with Gasteiger partial charge in [0, 0.05) is 12.1 Å². The van der Waals surface area contributed by atoms with E-state index in [-0.39, 0.29) is 0 Å². The van der Waals surface area contributed by atoms with E-state index in [1.54, 1.807) is 0 Å². The van der Waals surface area contributed by atoms with Gasteiger partial charge in [-0.05, 0) is 63.8 Å². The number of para-hydroxylation sites is 2. The van der Waals surface area contributed by atoms with E-state index in [1.807, 2.05) is 25.1 Å². The van der Waals surface area contributed by atoms with Crippen molar-refractivity contribution in [2.24, 2.45) is 0 Å². The molecule has 1 aliphatic rings. The number of anilines is 1. The van der Waals surface area contributed by atoms with Crippen molar-refractivity contribution in [1.82, 2.24) is 9.38 Å². The standard InChI is InChI=1S/C20H22N4/c1-13-11-19(23-14(2)7-6-8-15(23)3)24-18-10-5-4-9-17(18)22-20(24)16(13)12-21/h4-5,9-11,14-15H,6-8H2,1-3H3. The predicted molar refractivity (Wildman–Crippen MR) is 97.4 cm³/mol. The molecule has 4 heteroatoms. The molecule has 0 radical (unpaired) electrons. The van der Waals surface area contributed by atoms with E-state index in [2.05, 4.69) is 41.4 Å². The summed E-state index contributed by atoms with van der Waals surface area (Å²) in [5, 5.41) is 9.63. The monoisotopic (exact) mass is 318 g/mol. The van der Waals surface area contributed by atoms with E-state index >= 15 is 0 Å². The molecule has 2 aromatic heterocycles. The minimum Gasteiger partial charge on any atom is -0.352 e. The number of aromatic nitrogens is 2. The van der Waals surface area contributed by atoms with Crippen molar-refractivity contribution < 1.29 is 0 Å². The molecule has 0 saturated carbocycles. The van der Waals surface area contributed by atoms with Gasteiger partial charge in [0.2, 0.25) is 0 Å². The third-order valence-corrected chi connectivity index (χ3v) is 5.32. The Balaban J connectivity index is 2.10. The molecule has 1 aromatic carbocycles.